The van der Waals surface area contributed by atoms with Gasteiger partial charge in [-0.05, 0) is 34.6 Å². The van der Waals surface area contributed by atoms with Crippen molar-refractivity contribution in [3.8, 4) is 0 Å². The average molecular weight is 517 g/mol. The Morgan fingerprint density at radius 2 is 1.69 bits per heavy atom. The second-order valence-electron chi connectivity index (χ2n) is 8.05. The lowest BCUT2D eigenvalue weighted by molar-refractivity contribution is -0.0106. The summed E-state index contributed by atoms with van der Waals surface area (Å²) in [5.74, 6) is 0.257. The van der Waals surface area contributed by atoms with Crippen molar-refractivity contribution in [2.75, 3.05) is 31.6 Å². The average Bonchev–Trinajstić information content (AvgIpc) is 3.15. The fourth-order valence-electron chi connectivity index (χ4n) is 2.66. The monoisotopic (exact) mass is 517 g/mol. The zero-order valence-electron chi connectivity index (χ0n) is 20.4. The minimum Gasteiger partial charge on any atom is -0.434 e. The van der Waals surface area contributed by atoms with Crippen molar-refractivity contribution in [2.45, 2.75) is 59.5 Å². The summed E-state index contributed by atoms with van der Waals surface area (Å²) in [5.41, 5.74) is 6.80. The normalized spacial score (nSPS) is 14.0. The number of rotatable bonds is 13. The van der Waals surface area contributed by atoms with E-state index in [1.807, 2.05) is 0 Å². The molecule has 0 aromatic carbocycles. The summed E-state index contributed by atoms with van der Waals surface area (Å²) in [6, 6.07) is 0. The van der Waals surface area contributed by atoms with Crippen molar-refractivity contribution in [1.29, 1.82) is 0 Å². The molecule has 0 saturated carbocycles. The Hall–Kier alpha value is -2.96. The number of nitrogen functional groups attached to an aromatic ring is 1. The van der Waals surface area contributed by atoms with Crippen LogP contribution in [0.5, 0.6) is 0 Å². The van der Waals surface area contributed by atoms with E-state index in [0.717, 1.165) is 0 Å². The Labute approximate surface area is 202 Å². The van der Waals surface area contributed by atoms with Gasteiger partial charge in [-0.25, -0.2) is 24.5 Å². The summed E-state index contributed by atoms with van der Waals surface area (Å²) < 4.78 is 45.6. The molecule has 1 unspecified atom stereocenters. The van der Waals surface area contributed by atoms with Crippen LogP contribution in [0.25, 0.3) is 11.2 Å². The number of aromatic nitrogens is 4. The predicted octanol–water partition coefficient (Wildman–Crippen LogP) is 3.15. The smallest absolute Gasteiger partial charge is 0.434 e. The standard InChI is InChI=1S/C20H32N5O9P/c1-13(2)33-19(26)29-6-7-35(28,32-11-30-20(27)34-14(3)4)12-31-15(5)8-25-10-24-16-17(21)22-9-23-18(16)25/h9-10,13-15H,6-8,11-12H2,1-5H3,(H2,21,22,23)/t15-,35?/m1/s1. The van der Waals surface area contributed by atoms with Crippen LogP contribution in [0.2, 0.25) is 0 Å². The number of nitrogens with zero attached hydrogens (tertiary/aromatic N) is 4. The van der Waals surface area contributed by atoms with Gasteiger partial charge in [0.15, 0.2) is 11.5 Å². The molecule has 2 aromatic rings. The predicted molar refractivity (Wildman–Crippen MR) is 124 cm³/mol. The minimum atomic E-state index is -3.56. The van der Waals surface area contributed by atoms with E-state index >= 15 is 0 Å². The van der Waals surface area contributed by atoms with Gasteiger partial charge in [-0.1, -0.05) is 0 Å². The van der Waals surface area contributed by atoms with Crippen LogP contribution in [0.1, 0.15) is 34.6 Å². The fraction of sp³-hybridized carbons (Fsp3) is 0.650. The molecule has 0 fully saturated rings. The first-order valence-corrected chi connectivity index (χ1v) is 12.9. The molecule has 14 nitrogen and oxygen atoms in total. The number of fused-ring (bicyclic) bond motifs is 1. The number of carbonyl (C=O) groups excluding carboxylic acids is 2. The highest BCUT2D eigenvalue weighted by Crippen LogP contribution is 2.47. The molecule has 2 aromatic heterocycles. The van der Waals surface area contributed by atoms with Crippen molar-refractivity contribution in [2.24, 2.45) is 0 Å². The SMILES string of the molecule is CC(C)OC(=O)OCCP(=O)(CO[C@H](C)Cn1cnc2c(N)ncnc21)OCOC(=O)OC(C)C. The minimum absolute atomic E-state index is 0.187. The molecule has 0 spiro atoms. The van der Waals surface area contributed by atoms with Crippen molar-refractivity contribution in [3.63, 3.8) is 0 Å². The first-order chi connectivity index (χ1) is 16.5. The molecule has 0 saturated heterocycles. The zero-order valence-corrected chi connectivity index (χ0v) is 21.3. The maximum absolute atomic E-state index is 13.3. The molecule has 2 atom stereocenters. The van der Waals surface area contributed by atoms with Crippen LogP contribution in [0.15, 0.2) is 12.7 Å². The number of hydrogen-bond donors (Lipinski definition) is 1. The third-order valence-corrected chi connectivity index (χ3v) is 6.20. The van der Waals surface area contributed by atoms with Crippen molar-refractivity contribution < 1.29 is 42.4 Å². The summed E-state index contributed by atoms with van der Waals surface area (Å²) >= 11 is 0. The Kier molecular flexibility index (Phi) is 10.7. The van der Waals surface area contributed by atoms with E-state index in [1.165, 1.54) is 6.33 Å². The molecule has 0 amide bonds. The van der Waals surface area contributed by atoms with E-state index in [9.17, 15) is 14.2 Å². The first kappa shape index (κ1) is 28.3. The third-order valence-electron chi connectivity index (χ3n) is 4.22. The highest BCUT2D eigenvalue weighted by molar-refractivity contribution is 7.58. The molecule has 2 N–H and O–H groups in total. The van der Waals surface area contributed by atoms with Gasteiger partial charge in [0.05, 0.1) is 37.3 Å². The molecule has 15 heteroatoms. The van der Waals surface area contributed by atoms with Crippen molar-refractivity contribution in [1.82, 2.24) is 19.5 Å². The number of nitrogens with two attached hydrogens (primary N) is 1. The van der Waals surface area contributed by atoms with Crippen molar-refractivity contribution >= 4 is 36.7 Å². The van der Waals surface area contributed by atoms with E-state index in [0.29, 0.717) is 17.7 Å². The second-order valence-corrected chi connectivity index (χ2v) is 10.6. The Morgan fingerprint density at radius 1 is 1.03 bits per heavy atom. The molecule has 2 heterocycles. The van der Waals surface area contributed by atoms with Crippen LogP contribution in [0.3, 0.4) is 0 Å². The van der Waals surface area contributed by atoms with Gasteiger partial charge in [-0.3, -0.25) is 9.09 Å². The molecule has 0 aliphatic rings. The van der Waals surface area contributed by atoms with Gasteiger partial charge < -0.3 is 34.0 Å². The van der Waals surface area contributed by atoms with E-state index in [-0.39, 0.29) is 31.0 Å². The lowest BCUT2D eigenvalue weighted by Gasteiger charge is -2.21. The second kappa shape index (κ2) is 13.2. The third kappa shape index (κ3) is 9.67. The topological polar surface area (TPSA) is 176 Å². The highest BCUT2D eigenvalue weighted by atomic mass is 31.2. The lowest BCUT2D eigenvalue weighted by Crippen LogP contribution is -2.21. The largest absolute Gasteiger partial charge is 0.510 e. The van der Waals surface area contributed by atoms with Gasteiger partial charge in [0.2, 0.25) is 14.2 Å². The van der Waals surface area contributed by atoms with Gasteiger partial charge in [0, 0.05) is 0 Å². The Morgan fingerprint density at radius 3 is 2.34 bits per heavy atom. The first-order valence-electron chi connectivity index (χ1n) is 10.9. The van der Waals surface area contributed by atoms with Crippen LogP contribution >= 0.6 is 7.37 Å². The van der Waals surface area contributed by atoms with Crippen LogP contribution in [0, 0.1) is 0 Å². The molecule has 0 aliphatic heterocycles. The van der Waals surface area contributed by atoms with Gasteiger partial charge >= 0.3 is 12.3 Å². The number of carbonyl (C=O) groups is 2. The van der Waals surface area contributed by atoms with E-state index in [1.54, 1.807) is 45.5 Å². The van der Waals surface area contributed by atoms with Gasteiger partial charge in [0.1, 0.15) is 24.8 Å². The van der Waals surface area contributed by atoms with E-state index in [4.69, 9.17) is 33.9 Å². The molecular weight excluding hydrogens is 485 g/mol. The van der Waals surface area contributed by atoms with E-state index in [2.05, 4.69) is 15.0 Å². The van der Waals surface area contributed by atoms with Crippen LogP contribution in [-0.2, 0) is 39.3 Å². The number of ether oxygens (including phenoxy) is 5. The van der Waals surface area contributed by atoms with Gasteiger partial charge in [-0.2, -0.15) is 0 Å². The highest BCUT2D eigenvalue weighted by Gasteiger charge is 2.27. The number of hydrogen-bond acceptors (Lipinski definition) is 13. The van der Waals surface area contributed by atoms with Crippen LogP contribution < -0.4 is 5.73 Å². The van der Waals surface area contributed by atoms with Crippen molar-refractivity contribution in [3.05, 3.63) is 12.7 Å². The summed E-state index contributed by atoms with van der Waals surface area (Å²) in [5, 5.41) is 0. The quantitative estimate of drug-likeness (QED) is 0.233. The summed E-state index contributed by atoms with van der Waals surface area (Å²) in [7, 11) is -3.56. The molecule has 0 aliphatic carbocycles. The molecule has 196 valence electrons. The Bertz CT molecular complexity index is 998. The fourth-order valence-corrected chi connectivity index (χ4v) is 4.09. The zero-order chi connectivity index (χ0) is 26.0. The maximum Gasteiger partial charge on any atom is 0.510 e. The molecule has 0 bridgehead atoms. The molecular formula is C20H32N5O9P. The Balaban J connectivity index is 1.95. The molecule has 35 heavy (non-hydrogen) atoms. The van der Waals surface area contributed by atoms with E-state index < -0.39 is 38.7 Å². The van der Waals surface area contributed by atoms with Gasteiger partial charge in [-0.15, -0.1) is 0 Å². The molecule has 2 rings (SSSR count). The number of anilines is 1. The number of imidazole rings is 1. The summed E-state index contributed by atoms with van der Waals surface area (Å²) in [6.45, 7) is 7.84. The lowest BCUT2D eigenvalue weighted by atomic mass is 10.4. The van der Waals surface area contributed by atoms with Gasteiger partial charge in [0.25, 0.3) is 0 Å². The summed E-state index contributed by atoms with van der Waals surface area (Å²) in [4.78, 5) is 35.4. The maximum atomic E-state index is 13.3. The summed E-state index contributed by atoms with van der Waals surface area (Å²) in [6.07, 6.45) is -0.702. The van der Waals surface area contributed by atoms with Crippen LogP contribution in [-0.4, -0.2) is 76.1 Å². The molecule has 0 radical (unpaired) electrons. The van der Waals surface area contributed by atoms with Crippen LogP contribution in [0.4, 0.5) is 15.4 Å².